The molecule has 2 aliphatic heterocycles. The van der Waals surface area contributed by atoms with E-state index in [1.54, 1.807) is 12.1 Å². The van der Waals surface area contributed by atoms with Crippen molar-refractivity contribution in [3.05, 3.63) is 59.2 Å². The molecule has 2 aliphatic carbocycles. The van der Waals surface area contributed by atoms with Crippen LogP contribution in [0.15, 0.2) is 42.5 Å². The number of hydrogen-bond acceptors (Lipinski definition) is 6. The normalized spacial score (nSPS) is 27.8. The molecule has 194 valence electrons. The van der Waals surface area contributed by atoms with E-state index in [0.717, 1.165) is 32.2 Å². The van der Waals surface area contributed by atoms with Gasteiger partial charge in [-0.25, -0.2) is 4.79 Å². The monoisotopic (exact) mass is 494 g/mol. The molecule has 1 saturated carbocycles. The van der Waals surface area contributed by atoms with Crippen molar-refractivity contribution in [1.29, 1.82) is 0 Å². The molecular weight excluding hydrogens is 456 g/mol. The molecular formula is C29H38N2O5. The molecule has 3 atom stereocenters. The van der Waals surface area contributed by atoms with Gasteiger partial charge in [0.25, 0.3) is 0 Å². The SMILES string of the molecule is O=C(O)c1ccccc1O.Oc1ccc2c(c1)[C@@]13CCCC[C@H]1[C@@H](C2)N(CCN1CCOCC1)CC3. The van der Waals surface area contributed by atoms with Gasteiger partial charge in [0.2, 0.25) is 0 Å². The molecule has 2 heterocycles. The topological polar surface area (TPSA) is 93.5 Å². The lowest BCUT2D eigenvalue weighted by molar-refractivity contribution is -0.0219. The number of piperidine rings is 1. The molecule has 0 aromatic heterocycles. The second-order valence-corrected chi connectivity index (χ2v) is 10.7. The number of para-hydroxylation sites is 1. The highest BCUT2D eigenvalue weighted by molar-refractivity contribution is 5.90. The highest BCUT2D eigenvalue weighted by atomic mass is 16.5. The molecule has 0 amide bonds. The minimum atomic E-state index is -1.11. The third-order valence-corrected chi connectivity index (χ3v) is 8.88. The van der Waals surface area contributed by atoms with E-state index in [1.807, 2.05) is 6.07 Å². The number of nitrogens with zero attached hydrogens (tertiary/aromatic N) is 2. The molecule has 3 N–H and O–H groups in total. The van der Waals surface area contributed by atoms with Crippen LogP contribution in [0, 0.1) is 5.92 Å². The summed E-state index contributed by atoms with van der Waals surface area (Å²) in [7, 11) is 0. The minimum absolute atomic E-state index is 0.0671. The van der Waals surface area contributed by atoms with Crippen molar-refractivity contribution in [2.45, 2.75) is 50.0 Å². The summed E-state index contributed by atoms with van der Waals surface area (Å²) in [5.41, 5.74) is 3.26. The molecule has 2 aromatic carbocycles. The number of rotatable bonds is 4. The number of morpholine rings is 1. The summed E-state index contributed by atoms with van der Waals surface area (Å²) in [5, 5.41) is 27.4. The summed E-state index contributed by atoms with van der Waals surface area (Å²) in [6.45, 7) is 7.58. The number of carboxylic acids is 1. The number of hydrogen-bond donors (Lipinski definition) is 3. The number of likely N-dealkylation sites (tertiary alicyclic amines) is 1. The van der Waals surface area contributed by atoms with Crippen LogP contribution >= 0.6 is 0 Å². The average molecular weight is 495 g/mol. The van der Waals surface area contributed by atoms with Crippen molar-refractivity contribution >= 4 is 5.97 Å². The summed E-state index contributed by atoms with van der Waals surface area (Å²) in [6, 6.07) is 12.7. The van der Waals surface area contributed by atoms with E-state index in [4.69, 9.17) is 14.9 Å². The van der Waals surface area contributed by atoms with Crippen LogP contribution in [-0.2, 0) is 16.6 Å². The standard InChI is InChI=1S/C22H32N2O2.C7H6O3/c25-18-5-4-17-15-21-19-3-1-2-6-22(19,20(17)16-18)7-8-24(21)10-9-23-11-13-26-14-12-23;8-6-4-2-1-3-5(6)7(9)10/h4-5,16,19,21,25H,1-3,6-15H2;1-4,8H,(H,9,10)/t19-,21+,22+;/m0./s1. The first-order valence-electron chi connectivity index (χ1n) is 13.4. The molecule has 6 rings (SSSR count). The maximum absolute atomic E-state index is 10.3. The Balaban J connectivity index is 0.000000226. The number of fused-ring (bicyclic) bond motifs is 1. The Hall–Kier alpha value is -2.61. The molecule has 3 fully saturated rings. The second kappa shape index (κ2) is 10.8. The fourth-order valence-corrected chi connectivity index (χ4v) is 7.10. The van der Waals surface area contributed by atoms with Crippen molar-refractivity contribution in [2.24, 2.45) is 5.92 Å². The maximum Gasteiger partial charge on any atom is 0.339 e. The van der Waals surface area contributed by atoms with Crippen LogP contribution in [0.25, 0.3) is 0 Å². The third-order valence-electron chi connectivity index (χ3n) is 8.88. The number of phenols is 2. The van der Waals surface area contributed by atoms with Gasteiger partial charge in [-0.05, 0) is 73.5 Å². The van der Waals surface area contributed by atoms with Crippen molar-refractivity contribution < 1.29 is 24.9 Å². The number of phenolic OH excluding ortho intramolecular Hbond substituents is 1. The number of carboxylic acid groups (broad SMARTS) is 1. The van der Waals surface area contributed by atoms with Crippen LogP contribution in [0.1, 0.15) is 53.6 Å². The fraction of sp³-hybridized carbons (Fsp3) is 0.552. The Bertz CT molecular complexity index is 1070. The predicted molar refractivity (Wildman–Crippen MR) is 138 cm³/mol. The summed E-state index contributed by atoms with van der Waals surface area (Å²) in [5.74, 6) is -0.0762. The number of benzene rings is 2. The Morgan fingerprint density at radius 2 is 1.81 bits per heavy atom. The van der Waals surface area contributed by atoms with Crippen LogP contribution in [-0.4, -0.2) is 83.1 Å². The number of ether oxygens (including phenoxy) is 1. The maximum atomic E-state index is 10.3. The third kappa shape index (κ3) is 4.97. The van der Waals surface area contributed by atoms with Gasteiger partial charge in [0.05, 0.1) is 13.2 Å². The minimum Gasteiger partial charge on any atom is -0.508 e. The zero-order chi connectivity index (χ0) is 25.1. The summed E-state index contributed by atoms with van der Waals surface area (Å²) >= 11 is 0. The van der Waals surface area contributed by atoms with Crippen molar-refractivity contribution in [1.82, 2.24) is 9.80 Å². The fourth-order valence-electron chi connectivity index (χ4n) is 7.10. The van der Waals surface area contributed by atoms with E-state index in [2.05, 4.69) is 21.9 Å². The number of carbonyl (C=O) groups is 1. The quantitative estimate of drug-likeness (QED) is 0.594. The Kier molecular flexibility index (Phi) is 7.51. The molecule has 2 aromatic rings. The molecule has 0 unspecified atom stereocenters. The highest BCUT2D eigenvalue weighted by Crippen LogP contribution is 2.56. The van der Waals surface area contributed by atoms with Gasteiger partial charge < -0.3 is 20.1 Å². The molecule has 4 aliphatic rings. The van der Waals surface area contributed by atoms with E-state index in [0.29, 0.717) is 17.2 Å². The predicted octanol–water partition coefficient (Wildman–Crippen LogP) is 3.87. The first-order chi connectivity index (χ1) is 17.5. The van der Waals surface area contributed by atoms with Gasteiger partial charge in [-0.2, -0.15) is 0 Å². The smallest absolute Gasteiger partial charge is 0.339 e. The van der Waals surface area contributed by atoms with Gasteiger partial charge in [-0.15, -0.1) is 0 Å². The van der Waals surface area contributed by atoms with Crippen LogP contribution in [0.5, 0.6) is 11.5 Å². The molecule has 2 saturated heterocycles. The molecule has 7 heteroatoms. The van der Waals surface area contributed by atoms with Crippen LogP contribution in [0.3, 0.4) is 0 Å². The van der Waals surface area contributed by atoms with Gasteiger partial charge in [0.1, 0.15) is 17.1 Å². The summed E-state index contributed by atoms with van der Waals surface area (Å²) in [6.07, 6.45) is 7.87. The molecule has 2 bridgehead atoms. The lowest BCUT2D eigenvalue weighted by atomic mass is 9.52. The number of aromatic hydroxyl groups is 2. The lowest BCUT2D eigenvalue weighted by Crippen LogP contribution is -2.61. The zero-order valence-corrected chi connectivity index (χ0v) is 20.9. The average Bonchev–Trinajstić information content (AvgIpc) is 2.90. The lowest BCUT2D eigenvalue weighted by Gasteiger charge is -2.59. The van der Waals surface area contributed by atoms with E-state index in [9.17, 15) is 9.90 Å². The number of aromatic carboxylic acids is 1. The molecule has 7 nitrogen and oxygen atoms in total. The highest BCUT2D eigenvalue weighted by Gasteiger charge is 2.53. The van der Waals surface area contributed by atoms with Crippen molar-refractivity contribution in [3.8, 4) is 11.5 Å². The summed E-state index contributed by atoms with van der Waals surface area (Å²) < 4.78 is 5.50. The van der Waals surface area contributed by atoms with E-state index in [1.165, 1.54) is 81.4 Å². The van der Waals surface area contributed by atoms with Gasteiger partial charge in [0.15, 0.2) is 0 Å². The zero-order valence-electron chi connectivity index (χ0n) is 20.9. The molecule has 0 radical (unpaired) electrons. The summed E-state index contributed by atoms with van der Waals surface area (Å²) in [4.78, 5) is 15.6. The van der Waals surface area contributed by atoms with Gasteiger partial charge in [0, 0.05) is 37.6 Å². The van der Waals surface area contributed by atoms with Crippen LogP contribution in [0.4, 0.5) is 0 Å². The van der Waals surface area contributed by atoms with Crippen LogP contribution in [0.2, 0.25) is 0 Å². The van der Waals surface area contributed by atoms with Crippen molar-refractivity contribution in [2.75, 3.05) is 45.9 Å². The Morgan fingerprint density at radius 1 is 1.00 bits per heavy atom. The first-order valence-corrected chi connectivity index (χ1v) is 13.4. The van der Waals surface area contributed by atoms with Gasteiger partial charge >= 0.3 is 5.97 Å². The molecule has 0 spiro atoms. The largest absolute Gasteiger partial charge is 0.508 e. The second-order valence-electron chi connectivity index (χ2n) is 10.7. The van der Waals surface area contributed by atoms with E-state index < -0.39 is 5.97 Å². The first kappa shape index (κ1) is 25.1. The van der Waals surface area contributed by atoms with E-state index >= 15 is 0 Å². The molecule has 36 heavy (non-hydrogen) atoms. The Labute approximate surface area is 213 Å². The van der Waals surface area contributed by atoms with E-state index in [-0.39, 0.29) is 11.3 Å². The Morgan fingerprint density at radius 3 is 2.56 bits per heavy atom. The van der Waals surface area contributed by atoms with Gasteiger partial charge in [-0.1, -0.05) is 31.0 Å². The van der Waals surface area contributed by atoms with Crippen LogP contribution < -0.4 is 0 Å². The van der Waals surface area contributed by atoms with Gasteiger partial charge in [-0.3, -0.25) is 9.80 Å². The van der Waals surface area contributed by atoms with Crippen molar-refractivity contribution in [3.63, 3.8) is 0 Å².